The minimum Gasteiger partial charge on any atom is -0.393 e. The quantitative estimate of drug-likeness (QED) is 0.828. The van der Waals surface area contributed by atoms with Gasteiger partial charge >= 0.3 is 0 Å². The normalized spacial score (nSPS) is 25.1. The van der Waals surface area contributed by atoms with Gasteiger partial charge in [0.1, 0.15) is 0 Å². The first-order valence-electron chi connectivity index (χ1n) is 11.4. The first-order chi connectivity index (χ1) is 14.1. The summed E-state index contributed by atoms with van der Waals surface area (Å²) >= 11 is 0. The largest absolute Gasteiger partial charge is 0.393 e. The summed E-state index contributed by atoms with van der Waals surface area (Å²) in [6, 6.07) is 9.12. The van der Waals surface area contributed by atoms with E-state index in [4.69, 9.17) is 0 Å². The van der Waals surface area contributed by atoms with Crippen LogP contribution in [0.2, 0.25) is 0 Å². The molecule has 2 heterocycles. The minimum atomic E-state index is -0.282. The standard InChI is InChI=1S/C24H34N2O3/c27-21-12-15-25(16-13-21)23(28)10-11-24(29)26-14-4-8-20(26)17-19-7-3-6-18-5-1-2-9-22(18)19/h1-2,5,9,19-21,27H,3-4,6-8,10-17H2. The molecule has 5 heteroatoms. The van der Waals surface area contributed by atoms with Gasteiger partial charge in [0, 0.05) is 38.5 Å². The molecule has 0 aromatic heterocycles. The van der Waals surface area contributed by atoms with E-state index >= 15 is 0 Å². The van der Waals surface area contributed by atoms with Crippen molar-refractivity contribution in [3.8, 4) is 0 Å². The number of hydrogen-bond donors (Lipinski definition) is 1. The molecule has 1 aromatic carbocycles. The predicted octanol–water partition coefficient (Wildman–Crippen LogP) is 3.25. The molecule has 2 aliphatic heterocycles. The van der Waals surface area contributed by atoms with Crippen molar-refractivity contribution in [2.75, 3.05) is 19.6 Å². The van der Waals surface area contributed by atoms with E-state index in [-0.39, 0.29) is 17.9 Å². The van der Waals surface area contributed by atoms with Crippen molar-refractivity contribution in [3.63, 3.8) is 0 Å². The SMILES string of the molecule is O=C(CCC(=O)N1CCCC1CC1CCCc2ccccc21)N1CCC(O)CC1. The third-order valence-corrected chi connectivity index (χ3v) is 7.12. The minimum absolute atomic E-state index is 0.0576. The van der Waals surface area contributed by atoms with Crippen molar-refractivity contribution in [3.05, 3.63) is 35.4 Å². The molecule has 2 fully saturated rings. The van der Waals surface area contributed by atoms with Crippen LogP contribution in [0.4, 0.5) is 0 Å². The van der Waals surface area contributed by atoms with Gasteiger partial charge in [0.25, 0.3) is 0 Å². The number of piperidine rings is 1. The van der Waals surface area contributed by atoms with Crippen LogP contribution in [0.5, 0.6) is 0 Å². The molecule has 1 aromatic rings. The lowest BCUT2D eigenvalue weighted by Crippen LogP contribution is -2.41. The summed E-state index contributed by atoms with van der Waals surface area (Å²) in [6.45, 7) is 2.06. The maximum absolute atomic E-state index is 12.9. The van der Waals surface area contributed by atoms with Crippen molar-refractivity contribution >= 4 is 11.8 Å². The van der Waals surface area contributed by atoms with E-state index in [2.05, 4.69) is 29.2 Å². The van der Waals surface area contributed by atoms with Crippen molar-refractivity contribution in [2.24, 2.45) is 0 Å². The van der Waals surface area contributed by atoms with E-state index in [0.29, 0.717) is 50.7 Å². The maximum atomic E-state index is 12.9. The molecule has 4 rings (SSSR count). The number of hydrogen-bond acceptors (Lipinski definition) is 3. The highest BCUT2D eigenvalue weighted by atomic mass is 16.3. The Bertz CT molecular complexity index is 727. The van der Waals surface area contributed by atoms with Gasteiger partial charge < -0.3 is 14.9 Å². The van der Waals surface area contributed by atoms with Crippen LogP contribution in [-0.4, -0.2) is 58.5 Å². The first-order valence-corrected chi connectivity index (χ1v) is 11.4. The van der Waals surface area contributed by atoms with Crippen LogP contribution >= 0.6 is 0 Å². The lowest BCUT2D eigenvalue weighted by atomic mass is 9.79. The Kier molecular flexibility index (Phi) is 6.53. The van der Waals surface area contributed by atoms with Crippen LogP contribution in [0.3, 0.4) is 0 Å². The van der Waals surface area contributed by atoms with Gasteiger partial charge in [-0.3, -0.25) is 9.59 Å². The maximum Gasteiger partial charge on any atom is 0.223 e. The molecule has 2 unspecified atom stereocenters. The number of carbonyl (C=O) groups excluding carboxylic acids is 2. The van der Waals surface area contributed by atoms with Crippen molar-refractivity contribution in [1.82, 2.24) is 9.80 Å². The molecule has 0 saturated carbocycles. The zero-order valence-corrected chi connectivity index (χ0v) is 17.4. The zero-order chi connectivity index (χ0) is 20.2. The Balaban J connectivity index is 1.30. The van der Waals surface area contributed by atoms with Crippen LogP contribution in [0.1, 0.15) is 74.8 Å². The molecule has 29 heavy (non-hydrogen) atoms. The average Bonchev–Trinajstić information content (AvgIpc) is 3.21. The highest BCUT2D eigenvalue weighted by Crippen LogP contribution is 2.37. The van der Waals surface area contributed by atoms with Gasteiger partial charge in [-0.25, -0.2) is 0 Å². The molecule has 0 radical (unpaired) electrons. The predicted molar refractivity (Wildman–Crippen MR) is 113 cm³/mol. The number of carbonyl (C=O) groups is 2. The second kappa shape index (κ2) is 9.29. The van der Waals surface area contributed by atoms with E-state index in [1.54, 1.807) is 4.90 Å². The molecule has 2 saturated heterocycles. The van der Waals surface area contributed by atoms with Gasteiger partial charge in [-0.15, -0.1) is 0 Å². The number of fused-ring (bicyclic) bond motifs is 1. The fraction of sp³-hybridized carbons (Fsp3) is 0.667. The molecule has 0 bridgehead atoms. The summed E-state index contributed by atoms with van der Waals surface area (Å²) in [5.74, 6) is 0.754. The lowest BCUT2D eigenvalue weighted by molar-refractivity contribution is -0.138. The summed E-state index contributed by atoms with van der Waals surface area (Å²) < 4.78 is 0. The number of aryl methyl sites for hydroxylation is 1. The fourth-order valence-electron chi connectivity index (χ4n) is 5.47. The van der Waals surface area contributed by atoms with Gasteiger partial charge in [-0.1, -0.05) is 24.3 Å². The first kappa shape index (κ1) is 20.4. The van der Waals surface area contributed by atoms with Crippen molar-refractivity contribution in [1.29, 1.82) is 0 Å². The molecule has 0 spiro atoms. The number of amides is 2. The Morgan fingerprint density at radius 3 is 2.52 bits per heavy atom. The summed E-state index contributed by atoms with van der Waals surface area (Å²) in [7, 11) is 0. The fourth-order valence-corrected chi connectivity index (χ4v) is 5.47. The molecule has 5 nitrogen and oxygen atoms in total. The Morgan fingerprint density at radius 1 is 0.931 bits per heavy atom. The number of nitrogens with zero attached hydrogens (tertiary/aromatic N) is 2. The van der Waals surface area contributed by atoms with Crippen LogP contribution in [-0.2, 0) is 16.0 Å². The van der Waals surface area contributed by atoms with E-state index in [1.165, 1.54) is 30.4 Å². The topological polar surface area (TPSA) is 60.9 Å². The van der Waals surface area contributed by atoms with Gasteiger partial charge in [0.2, 0.25) is 11.8 Å². The molecular formula is C24H34N2O3. The van der Waals surface area contributed by atoms with Crippen LogP contribution < -0.4 is 0 Å². The van der Waals surface area contributed by atoms with Crippen LogP contribution in [0, 0.1) is 0 Å². The van der Waals surface area contributed by atoms with Crippen LogP contribution in [0.15, 0.2) is 24.3 Å². The highest BCUT2D eigenvalue weighted by Gasteiger charge is 2.32. The van der Waals surface area contributed by atoms with Crippen molar-refractivity contribution < 1.29 is 14.7 Å². The Hall–Kier alpha value is -1.88. The van der Waals surface area contributed by atoms with Gasteiger partial charge in [-0.2, -0.15) is 0 Å². The average molecular weight is 399 g/mol. The molecule has 158 valence electrons. The third-order valence-electron chi connectivity index (χ3n) is 7.12. The van der Waals surface area contributed by atoms with E-state index < -0.39 is 0 Å². The highest BCUT2D eigenvalue weighted by molar-refractivity contribution is 5.84. The summed E-state index contributed by atoms with van der Waals surface area (Å²) in [4.78, 5) is 29.2. The Morgan fingerprint density at radius 2 is 1.69 bits per heavy atom. The van der Waals surface area contributed by atoms with E-state index in [1.807, 2.05) is 0 Å². The molecule has 1 N–H and O–H groups in total. The number of rotatable bonds is 5. The summed E-state index contributed by atoms with van der Waals surface area (Å²) in [6.07, 6.45) is 8.47. The number of aliphatic hydroxyl groups is 1. The molecule has 2 atom stereocenters. The molecule has 1 aliphatic carbocycles. The smallest absolute Gasteiger partial charge is 0.223 e. The molecule has 2 amide bonds. The summed E-state index contributed by atoms with van der Waals surface area (Å²) in [5, 5.41) is 9.60. The number of benzene rings is 1. The van der Waals surface area contributed by atoms with Crippen LogP contribution in [0.25, 0.3) is 0 Å². The monoisotopic (exact) mass is 398 g/mol. The number of aliphatic hydroxyl groups excluding tert-OH is 1. The second-order valence-corrected chi connectivity index (χ2v) is 9.02. The summed E-state index contributed by atoms with van der Waals surface area (Å²) in [5.41, 5.74) is 2.97. The van der Waals surface area contributed by atoms with E-state index in [0.717, 1.165) is 25.8 Å². The van der Waals surface area contributed by atoms with Gasteiger partial charge in [0.15, 0.2) is 0 Å². The lowest BCUT2D eigenvalue weighted by Gasteiger charge is -2.32. The molecule has 3 aliphatic rings. The number of likely N-dealkylation sites (tertiary alicyclic amines) is 2. The second-order valence-electron chi connectivity index (χ2n) is 9.02. The third kappa shape index (κ3) is 4.82. The molecular weight excluding hydrogens is 364 g/mol. The van der Waals surface area contributed by atoms with Gasteiger partial charge in [0.05, 0.1) is 6.10 Å². The van der Waals surface area contributed by atoms with Gasteiger partial charge in [-0.05, 0) is 68.4 Å². The zero-order valence-electron chi connectivity index (χ0n) is 17.4. The van der Waals surface area contributed by atoms with E-state index in [9.17, 15) is 14.7 Å². The Labute approximate surface area is 174 Å². The van der Waals surface area contributed by atoms with Crippen molar-refractivity contribution in [2.45, 2.75) is 82.3 Å².